The van der Waals surface area contributed by atoms with Gasteiger partial charge in [-0.05, 0) is 37.0 Å². The number of nitrogens with zero attached hydrogens (tertiary/aromatic N) is 3. The van der Waals surface area contributed by atoms with Crippen molar-refractivity contribution in [2.75, 3.05) is 0 Å². The van der Waals surface area contributed by atoms with Crippen molar-refractivity contribution in [1.29, 1.82) is 0 Å². The molecule has 1 atom stereocenters. The summed E-state index contributed by atoms with van der Waals surface area (Å²) >= 11 is 0. The number of benzene rings is 1. The van der Waals surface area contributed by atoms with E-state index in [9.17, 15) is 9.59 Å². The van der Waals surface area contributed by atoms with Crippen LogP contribution in [-0.4, -0.2) is 26.5 Å². The zero-order valence-corrected chi connectivity index (χ0v) is 17.0. The van der Waals surface area contributed by atoms with Gasteiger partial charge in [-0.2, -0.15) is 5.10 Å². The minimum absolute atomic E-state index is 0.0494. The summed E-state index contributed by atoms with van der Waals surface area (Å²) in [4.78, 5) is 29.3. The second-order valence-electron chi connectivity index (χ2n) is 8.42. The third-order valence-corrected chi connectivity index (χ3v) is 5.41. The SMILES string of the molecule is Cc1c(C(=O)NC(C)c2ccc(-n3cncn3)cc2)oc2c1C(=O)CC(C)(C)C2. The smallest absolute Gasteiger partial charge is 0.287 e. The van der Waals surface area contributed by atoms with Crippen LogP contribution in [0.25, 0.3) is 5.69 Å². The standard InChI is InChI=1S/C22H24N4O3/c1-13-19-17(27)9-22(3,4)10-18(19)29-20(13)21(28)25-14(2)15-5-7-16(8-6-15)26-12-23-11-24-26/h5-8,11-12,14H,9-10H2,1-4H3,(H,25,28). The van der Waals surface area contributed by atoms with Crippen LogP contribution in [0.2, 0.25) is 0 Å². The van der Waals surface area contributed by atoms with E-state index in [2.05, 4.69) is 15.4 Å². The molecule has 0 radical (unpaired) electrons. The quantitative estimate of drug-likeness (QED) is 0.729. The van der Waals surface area contributed by atoms with Gasteiger partial charge in [-0.1, -0.05) is 26.0 Å². The van der Waals surface area contributed by atoms with E-state index in [4.69, 9.17) is 4.42 Å². The zero-order chi connectivity index (χ0) is 20.8. The molecule has 1 unspecified atom stereocenters. The number of fused-ring (bicyclic) bond motifs is 1. The third kappa shape index (κ3) is 3.60. The Hall–Kier alpha value is -3.22. The number of Topliss-reactive ketones (excluding diaryl/α,β-unsaturated/α-hetero) is 1. The molecular weight excluding hydrogens is 368 g/mol. The number of nitrogens with one attached hydrogen (secondary N) is 1. The predicted octanol–water partition coefficient (Wildman–Crippen LogP) is 3.81. The van der Waals surface area contributed by atoms with Gasteiger partial charge in [0, 0.05) is 18.4 Å². The molecule has 4 rings (SSSR count). The van der Waals surface area contributed by atoms with Gasteiger partial charge in [-0.25, -0.2) is 9.67 Å². The second-order valence-corrected chi connectivity index (χ2v) is 8.42. The molecule has 1 aliphatic carbocycles. The monoisotopic (exact) mass is 392 g/mol. The Morgan fingerprint density at radius 3 is 2.62 bits per heavy atom. The Labute approximate surface area is 169 Å². The van der Waals surface area contributed by atoms with Crippen molar-refractivity contribution in [3.05, 3.63) is 65.1 Å². The lowest BCUT2D eigenvalue weighted by molar-refractivity contribution is 0.0883. The number of carbonyl (C=O) groups is 2. The lowest BCUT2D eigenvalue weighted by Crippen LogP contribution is -2.27. The normalized spacial score (nSPS) is 16.3. The fourth-order valence-electron chi connectivity index (χ4n) is 3.90. The van der Waals surface area contributed by atoms with Crippen LogP contribution in [0.15, 0.2) is 41.3 Å². The largest absolute Gasteiger partial charge is 0.455 e. The first-order valence-corrected chi connectivity index (χ1v) is 9.66. The fourth-order valence-corrected chi connectivity index (χ4v) is 3.90. The maximum Gasteiger partial charge on any atom is 0.287 e. The number of carbonyl (C=O) groups excluding carboxylic acids is 2. The number of ketones is 1. The van der Waals surface area contributed by atoms with Crippen LogP contribution in [0, 0.1) is 12.3 Å². The molecule has 1 aromatic carbocycles. The summed E-state index contributed by atoms with van der Waals surface area (Å²) in [7, 11) is 0. The first-order valence-electron chi connectivity index (χ1n) is 9.66. The van der Waals surface area contributed by atoms with Crippen LogP contribution in [0.4, 0.5) is 0 Å². The molecule has 0 fully saturated rings. The van der Waals surface area contributed by atoms with Crippen LogP contribution in [0.5, 0.6) is 0 Å². The Kier molecular flexibility index (Phi) is 4.61. The number of hydrogen-bond donors (Lipinski definition) is 1. The van der Waals surface area contributed by atoms with Crippen molar-refractivity contribution in [1.82, 2.24) is 20.1 Å². The molecule has 150 valence electrons. The maximum absolute atomic E-state index is 12.9. The first-order chi connectivity index (χ1) is 13.7. The van der Waals surface area contributed by atoms with Crippen molar-refractivity contribution in [2.24, 2.45) is 5.41 Å². The lowest BCUT2D eigenvalue weighted by Gasteiger charge is -2.27. The van der Waals surface area contributed by atoms with Crippen molar-refractivity contribution in [2.45, 2.75) is 46.6 Å². The summed E-state index contributed by atoms with van der Waals surface area (Å²) in [6.07, 6.45) is 4.23. The second kappa shape index (κ2) is 6.99. The van der Waals surface area contributed by atoms with Crippen LogP contribution < -0.4 is 5.32 Å². The molecule has 1 aliphatic rings. The molecule has 2 heterocycles. The summed E-state index contributed by atoms with van der Waals surface area (Å²) < 4.78 is 7.53. The Bertz CT molecular complexity index is 1060. The molecule has 0 aliphatic heterocycles. The zero-order valence-electron chi connectivity index (χ0n) is 17.0. The number of hydrogen-bond acceptors (Lipinski definition) is 5. The summed E-state index contributed by atoms with van der Waals surface area (Å²) in [6.45, 7) is 7.77. The molecule has 7 heteroatoms. The van der Waals surface area contributed by atoms with E-state index in [0.29, 0.717) is 29.7 Å². The van der Waals surface area contributed by atoms with Gasteiger partial charge in [-0.3, -0.25) is 9.59 Å². The summed E-state index contributed by atoms with van der Waals surface area (Å²) in [5.41, 5.74) is 2.90. The molecule has 2 aromatic heterocycles. The molecule has 0 saturated heterocycles. The topological polar surface area (TPSA) is 90.0 Å². The fraction of sp³-hybridized carbons (Fsp3) is 0.364. The van der Waals surface area contributed by atoms with E-state index in [1.54, 1.807) is 17.9 Å². The van der Waals surface area contributed by atoms with Crippen LogP contribution >= 0.6 is 0 Å². The van der Waals surface area contributed by atoms with Gasteiger partial charge in [-0.15, -0.1) is 0 Å². The lowest BCUT2D eigenvalue weighted by atomic mass is 9.76. The van der Waals surface area contributed by atoms with E-state index >= 15 is 0 Å². The van der Waals surface area contributed by atoms with Crippen LogP contribution in [-0.2, 0) is 6.42 Å². The number of aromatic nitrogens is 3. The molecular formula is C22H24N4O3. The molecule has 29 heavy (non-hydrogen) atoms. The highest BCUT2D eigenvalue weighted by molar-refractivity contribution is 6.03. The number of amides is 1. The summed E-state index contributed by atoms with van der Waals surface area (Å²) in [5, 5.41) is 7.08. The molecule has 1 amide bonds. The van der Waals surface area contributed by atoms with E-state index in [0.717, 1.165) is 11.3 Å². The minimum Gasteiger partial charge on any atom is -0.455 e. The van der Waals surface area contributed by atoms with E-state index < -0.39 is 0 Å². The van der Waals surface area contributed by atoms with Gasteiger partial charge < -0.3 is 9.73 Å². The summed E-state index contributed by atoms with van der Waals surface area (Å²) in [6, 6.07) is 7.50. The van der Waals surface area contributed by atoms with Crippen molar-refractivity contribution in [3.8, 4) is 5.69 Å². The maximum atomic E-state index is 12.9. The predicted molar refractivity (Wildman–Crippen MR) is 107 cm³/mol. The molecule has 1 N–H and O–H groups in total. The van der Waals surface area contributed by atoms with Gasteiger partial charge in [0.2, 0.25) is 0 Å². The van der Waals surface area contributed by atoms with Crippen LogP contribution in [0.3, 0.4) is 0 Å². The molecule has 3 aromatic rings. The molecule has 0 bridgehead atoms. The highest BCUT2D eigenvalue weighted by Crippen LogP contribution is 2.38. The Morgan fingerprint density at radius 1 is 1.24 bits per heavy atom. The first kappa shape index (κ1) is 19.1. The van der Waals surface area contributed by atoms with E-state index in [-0.39, 0.29) is 28.9 Å². The van der Waals surface area contributed by atoms with Crippen molar-refractivity contribution in [3.63, 3.8) is 0 Å². The minimum atomic E-state index is -0.310. The van der Waals surface area contributed by atoms with Gasteiger partial charge in [0.1, 0.15) is 18.4 Å². The molecule has 7 nitrogen and oxygen atoms in total. The van der Waals surface area contributed by atoms with Gasteiger partial charge in [0.15, 0.2) is 11.5 Å². The van der Waals surface area contributed by atoms with Gasteiger partial charge in [0.25, 0.3) is 5.91 Å². The van der Waals surface area contributed by atoms with Gasteiger partial charge >= 0.3 is 0 Å². The number of furan rings is 1. The Balaban J connectivity index is 1.52. The third-order valence-electron chi connectivity index (χ3n) is 5.41. The number of rotatable bonds is 4. The van der Waals surface area contributed by atoms with Gasteiger partial charge in [0.05, 0.1) is 17.3 Å². The molecule has 0 saturated carbocycles. The van der Waals surface area contributed by atoms with E-state index in [1.165, 1.54) is 6.33 Å². The van der Waals surface area contributed by atoms with Crippen molar-refractivity contribution < 1.29 is 14.0 Å². The molecule has 0 spiro atoms. The highest BCUT2D eigenvalue weighted by atomic mass is 16.4. The van der Waals surface area contributed by atoms with E-state index in [1.807, 2.05) is 45.0 Å². The average molecular weight is 392 g/mol. The Morgan fingerprint density at radius 2 is 1.97 bits per heavy atom. The average Bonchev–Trinajstić information content (AvgIpc) is 3.29. The highest BCUT2D eigenvalue weighted by Gasteiger charge is 2.37. The summed E-state index contributed by atoms with van der Waals surface area (Å²) in [5.74, 6) is 0.592. The van der Waals surface area contributed by atoms with Crippen LogP contribution in [0.1, 0.15) is 71.0 Å². The van der Waals surface area contributed by atoms with Crippen molar-refractivity contribution >= 4 is 11.7 Å².